The fraction of sp³-hybridized carbons (Fsp3) is 0.214. The Kier molecular flexibility index (Phi) is 4.55. The predicted molar refractivity (Wildman–Crippen MR) is 86.1 cm³/mol. The van der Waals surface area contributed by atoms with Crippen LogP contribution in [0, 0.1) is 0 Å². The molecular weight excluding hydrogens is 322 g/mol. The van der Waals surface area contributed by atoms with E-state index in [1.54, 1.807) is 34.5 Å². The SMILES string of the molecule is O=C(NCCCn1cc(Cl)cn1)c1cc(-c2cccs2)[nH]n1. The molecular formula is C14H14ClN5OS. The summed E-state index contributed by atoms with van der Waals surface area (Å²) < 4.78 is 1.75. The molecule has 3 heterocycles. The van der Waals surface area contributed by atoms with Crippen LogP contribution in [0.4, 0.5) is 0 Å². The predicted octanol–water partition coefficient (Wildman–Crippen LogP) is 2.81. The number of halogens is 1. The van der Waals surface area contributed by atoms with Crippen molar-refractivity contribution in [1.82, 2.24) is 25.3 Å². The van der Waals surface area contributed by atoms with Crippen molar-refractivity contribution in [3.8, 4) is 10.6 Å². The molecule has 3 aromatic rings. The van der Waals surface area contributed by atoms with Gasteiger partial charge in [0.2, 0.25) is 0 Å². The zero-order valence-corrected chi connectivity index (χ0v) is 13.2. The average molecular weight is 336 g/mol. The van der Waals surface area contributed by atoms with Crippen molar-refractivity contribution in [2.24, 2.45) is 0 Å². The lowest BCUT2D eigenvalue weighted by Crippen LogP contribution is -2.25. The Morgan fingerprint density at radius 1 is 1.50 bits per heavy atom. The molecule has 0 saturated heterocycles. The monoisotopic (exact) mass is 335 g/mol. The van der Waals surface area contributed by atoms with Gasteiger partial charge in [0.15, 0.2) is 5.69 Å². The fourth-order valence-electron chi connectivity index (χ4n) is 1.99. The van der Waals surface area contributed by atoms with Crippen molar-refractivity contribution in [3.63, 3.8) is 0 Å². The van der Waals surface area contributed by atoms with Crippen LogP contribution >= 0.6 is 22.9 Å². The summed E-state index contributed by atoms with van der Waals surface area (Å²) in [5.41, 5.74) is 1.25. The highest BCUT2D eigenvalue weighted by Crippen LogP contribution is 2.22. The number of aryl methyl sites for hydroxylation is 1. The van der Waals surface area contributed by atoms with Crippen LogP contribution in [0.3, 0.4) is 0 Å². The van der Waals surface area contributed by atoms with Gasteiger partial charge in [-0.25, -0.2) is 0 Å². The Labute approximate surface area is 136 Å². The first-order valence-corrected chi connectivity index (χ1v) is 8.03. The highest BCUT2D eigenvalue weighted by atomic mass is 35.5. The van der Waals surface area contributed by atoms with Crippen molar-refractivity contribution in [1.29, 1.82) is 0 Å². The number of nitrogens with one attached hydrogen (secondary N) is 2. The zero-order valence-electron chi connectivity index (χ0n) is 11.6. The summed E-state index contributed by atoms with van der Waals surface area (Å²) >= 11 is 7.38. The van der Waals surface area contributed by atoms with Crippen LogP contribution in [0.1, 0.15) is 16.9 Å². The lowest BCUT2D eigenvalue weighted by molar-refractivity contribution is 0.0947. The molecule has 0 unspecified atom stereocenters. The first-order chi connectivity index (χ1) is 10.7. The van der Waals surface area contributed by atoms with Crippen molar-refractivity contribution < 1.29 is 4.79 Å². The first kappa shape index (κ1) is 14.8. The molecule has 0 radical (unpaired) electrons. The van der Waals surface area contributed by atoms with Gasteiger partial charge in [-0.2, -0.15) is 10.2 Å². The number of carbonyl (C=O) groups is 1. The molecule has 0 fully saturated rings. The van der Waals surface area contributed by atoms with Gasteiger partial charge in [-0.15, -0.1) is 11.3 Å². The second-order valence-corrected chi connectivity index (χ2v) is 6.06. The topological polar surface area (TPSA) is 75.6 Å². The van der Waals surface area contributed by atoms with Crippen LogP contribution in [0.2, 0.25) is 5.02 Å². The maximum absolute atomic E-state index is 12.0. The smallest absolute Gasteiger partial charge is 0.271 e. The first-order valence-electron chi connectivity index (χ1n) is 6.78. The minimum absolute atomic E-state index is 0.183. The van der Waals surface area contributed by atoms with Crippen LogP contribution in [0.15, 0.2) is 36.0 Å². The summed E-state index contributed by atoms with van der Waals surface area (Å²) in [7, 11) is 0. The molecule has 0 aromatic carbocycles. The molecule has 0 atom stereocenters. The fourth-order valence-corrected chi connectivity index (χ4v) is 2.84. The van der Waals surface area contributed by atoms with Gasteiger partial charge in [0.25, 0.3) is 5.91 Å². The van der Waals surface area contributed by atoms with Gasteiger partial charge >= 0.3 is 0 Å². The summed E-state index contributed by atoms with van der Waals surface area (Å²) in [4.78, 5) is 13.1. The number of aromatic nitrogens is 4. The molecule has 8 heteroatoms. The van der Waals surface area contributed by atoms with Gasteiger partial charge in [0.1, 0.15) is 0 Å². The largest absolute Gasteiger partial charge is 0.351 e. The number of aromatic amines is 1. The third-order valence-corrected chi connectivity index (χ3v) is 4.15. The molecule has 0 bridgehead atoms. The number of nitrogens with zero attached hydrogens (tertiary/aromatic N) is 3. The summed E-state index contributed by atoms with van der Waals surface area (Å²) in [6, 6.07) is 5.70. The number of amides is 1. The number of carbonyl (C=O) groups excluding carboxylic acids is 1. The second kappa shape index (κ2) is 6.76. The number of hydrogen-bond donors (Lipinski definition) is 2. The van der Waals surface area contributed by atoms with Gasteiger partial charge in [0.05, 0.1) is 21.8 Å². The lowest BCUT2D eigenvalue weighted by atomic mass is 10.3. The average Bonchev–Trinajstić information content (AvgIpc) is 3.23. The third kappa shape index (κ3) is 3.55. The molecule has 114 valence electrons. The van der Waals surface area contributed by atoms with Crippen LogP contribution in [-0.2, 0) is 6.54 Å². The van der Waals surface area contributed by atoms with Crippen LogP contribution in [-0.4, -0.2) is 32.4 Å². The summed E-state index contributed by atoms with van der Waals surface area (Å²) in [6.07, 6.45) is 4.12. The van der Waals surface area contributed by atoms with Gasteiger partial charge in [-0.3, -0.25) is 14.6 Å². The van der Waals surface area contributed by atoms with E-state index in [-0.39, 0.29) is 5.91 Å². The van der Waals surface area contributed by atoms with Crippen molar-refractivity contribution in [2.45, 2.75) is 13.0 Å². The van der Waals surface area contributed by atoms with E-state index < -0.39 is 0 Å². The molecule has 0 aliphatic heterocycles. The molecule has 3 rings (SSSR count). The van der Waals surface area contributed by atoms with Crippen molar-refractivity contribution in [3.05, 3.63) is 46.7 Å². The molecule has 0 aliphatic rings. The van der Waals surface area contributed by atoms with Gasteiger partial charge in [-0.1, -0.05) is 17.7 Å². The van der Waals surface area contributed by atoms with Crippen molar-refractivity contribution >= 4 is 28.8 Å². The maximum atomic E-state index is 12.0. The molecule has 6 nitrogen and oxygen atoms in total. The van der Waals surface area contributed by atoms with E-state index in [1.807, 2.05) is 17.5 Å². The molecule has 2 N–H and O–H groups in total. The standard InChI is InChI=1S/C14H14ClN5OS/c15-10-8-17-20(9-10)5-2-4-16-14(21)12-7-11(18-19-12)13-3-1-6-22-13/h1,3,6-9H,2,4-5H2,(H,16,21)(H,18,19). The summed E-state index contributed by atoms with van der Waals surface area (Å²) in [6.45, 7) is 1.26. The molecule has 0 spiro atoms. The van der Waals surface area contributed by atoms with Crippen LogP contribution in [0.5, 0.6) is 0 Å². The zero-order chi connectivity index (χ0) is 15.4. The van der Waals surface area contributed by atoms with Crippen LogP contribution in [0.25, 0.3) is 10.6 Å². The van der Waals surface area contributed by atoms with Crippen LogP contribution < -0.4 is 5.32 Å². The van der Waals surface area contributed by atoms with E-state index in [2.05, 4.69) is 20.6 Å². The lowest BCUT2D eigenvalue weighted by Gasteiger charge is -2.03. The second-order valence-electron chi connectivity index (χ2n) is 4.68. The van der Waals surface area contributed by atoms with E-state index in [4.69, 9.17) is 11.6 Å². The summed E-state index contributed by atoms with van der Waals surface area (Å²) in [5, 5.41) is 16.4. The van der Waals surface area contributed by atoms with E-state index in [0.29, 0.717) is 23.8 Å². The van der Waals surface area contributed by atoms with Crippen molar-refractivity contribution in [2.75, 3.05) is 6.54 Å². The highest BCUT2D eigenvalue weighted by Gasteiger charge is 2.11. The van der Waals surface area contributed by atoms with E-state index >= 15 is 0 Å². The Morgan fingerprint density at radius 2 is 2.41 bits per heavy atom. The Morgan fingerprint density at radius 3 is 3.14 bits per heavy atom. The number of hydrogen-bond acceptors (Lipinski definition) is 4. The van der Waals surface area contributed by atoms with Gasteiger partial charge in [-0.05, 0) is 23.9 Å². The maximum Gasteiger partial charge on any atom is 0.271 e. The number of thiophene rings is 1. The Balaban J connectivity index is 1.48. The Hall–Kier alpha value is -2.12. The molecule has 22 heavy (non-hydrogen) atoms. The molecule has 1 amide bonds. The summed E-state index contributed by atoms with van der Waals surface area (Å²) in [5.74, 6) is -0.183. The minimum atomic E-state index is -0.183. The Bertz CT molecular complexity index is 749. The highest BCUT2D eigenvalue weighted by molar-refractivity contribution is 7.13. The van der Waals surface area contributed by atoms with E-state index in [1.165, 1.54) is 0 Å². The van der Waals surface area contributed by atoms with Gasteiger partial charge < -0.3 is 5.32 Å². The molecule has 0 aliphatic carbocycles. The molecule has 0 saturated carbocycles. The van der Waals surface area contributed by atoms with Gasteiger partial charge in [0, 0.05) is 19.3 Å². The minimum Gasteiger partial charge on any atom is -0.351 e. The normalized spacial score (nSPS) is 10.8. The number of H-pyrrole nitrogens is 1. The third-order valence-electron chi connectivity index (χ3n) is 3.05. The van der Waals surface area contributed by atoms with E-state index in [9.17, 15) is 4.79 Å². The quantitative estimate of drug-likeness (QED) is 0.680. The molecule has 3 aromatic heterocycles. The van der Waals surface area contributed by atoms with E-state index in [0.717, 1.165) is 17.0 Å². The number of rotatable bonds is 6.